The zero-order valence-corrected chi connectivity index (χ0v) is 18.6. The van der Waals surface area contributed by atoms with Crippen LogP contribution in [-0.2, 0) is 6.54 Å². The van der Waals surface area contributed by atoms with E-state index in [2.05, 4.69) is 11.1 Å². The first-order valence-corrected chi connectivity index (χ1v) is 8.68. The standard InChI is InChI=1S/C20H26N2O7.ClH/c1-24-13-8-7-11(16(26-3)17(13)27-4)10-22-20(23)12-9-14(25-2)18(28-5)19(29-6)15(12)21;/h7-9H,10,21H2,1-6H3,(H,22,23);1H. The second kappa shape index (κ2) is 11.2. The number of carbonyl (C=O) groups excluding carboxylic acids is 1. The SMILES string of the molecule is COc1ccc(CNC(=O)c2cc(OC)c(OC)c(OC)c2[NH3+])c(OC)c1OC.[Cl-]. The second-order valence-electron chi connectivity index (χ2n) is 5.85. The van der Waals surface area contributed by atoms with Gasteiger partial charge in [-0.05, 0) is 12.1 Å². The fourth-order valence-corrected chi connectivity index (χ4v) is 2.99. The number of halogens is 1. The lowest BCUT2D eigenvalue weighted by molar-refractivity contribution is -0.256. The summed E-state index contributed by atoms with van der Waals surface area (Å²) in [4.78, 5) is 12.9. The highest BCUT2D eigenvalue weighted by molar-refractivity contribution is 6.00. The van der Waals surface area contributed by atoms with Crippen molar-refractivity contribution in [3.05, 3.63) is 29.3 Å². The highest BCUT2D eigenvalue weighted by Crippen LogP contribution is 2.43. The van der Waals surface area contributed by atoms with Crippen LogP contribution in [0.4, 0.5) is 5.69 Å². The topological polar surface area (TPSA) is 112 Å². The minimum Gasteiger partial charge on any atom is -1.00 e. The third-order valence-corrected chi connectivity index (χ3v) is 4.40. The molecule has 0 fully saturated rings. The fraction of sp³-hybridized carbons (Fsp3) is 0.350. The maximum atomic E-state index is 12.9. The lowest BCUT2D eigenvalue weighted by Crippen LogP contribution is -3.00. The van der Waals surface area contributed by atoms with E-state index < -0.39 is 0 Å². The molecule has 0 spiro atoms. The summed E-state index contributed by atoms with van der Waals surface area (Å²) < 4.78 is 32.1. The van der Waals surface area contributed by atoms with E-state index in [0.29, 0.717) is 45.7 Å². The number of carbonyl (C=O) groups is 1. The Bertz CT molecular complexity index is 890. The Balaban J connectivity index is 0.00000450. The van der Waals surface area contributed by atoms with Crippen molar-refractivity contribution in [1.82, 2.24) is 5.32 Å². The summed E-state index contributed by atoms with van der Waals surface area (Å²) in [6.45, 7) is 0.193. The predicted molar refractivity (Wildman–Crippen MR) is 106 cm³/mol. The van der Waals surface area contributed by atoms with Gasteiger partial charge in [-0.1, -0.05) is 0 Å². The van der Waals surface area contributed by atoms with Gasteiger partial charge >= 0.3 is 0 Å². The van der Waals surface area contributed by atoms with Crippen LogP contribution >= 0.6 is 0 Å². The van der Waals surface area contributed by atoms with Crippen LogP contribution in [0.5, 0.6) is 34.5 Å². The van der Waals surface area contributed by atoms with Gasteiger partial charge in [-0.2, -0.15) is 0 Å². The monoisotopic (exact) mass is 442 g/mol. The number of quaternary nitrogens is 1. The average molecular weight is 443 g/mol. The molecule has 0 heterocycles. The Kier molecular flexibility index (Phi) is 9.35. The maximum absolute atomic E-state index is 12.9. The summed E-state index contributed by atoms with van der Waals surface area (Å²) in [5, 5.41) is 2.85. The van der Waals surface area contributed by atoms with Gasteiger partial charge in [0.15, 0.2) is 22.9 Å². The molecule has 0 aliphatic heterocycles. The van der Waals surface area contributed by atoms with Gasteiger partial charge in [0.1, 0.15) is 5.56 Å². The quantitative estimate of drug-likeness (QED) is 0.488. The van der Waals surface area contributed by atoms with Gasteiger partial charge in [-0.3, -0.25) is 4.79 Å². The molecular formula is C20H27ClN2O7. The fourth-order valence-electron chi connectivity index (χ4n) is 2.99. The molecule has 0 aliphatic carbocycles. The van der Waals surface area contributed by atoms with Crippen LogP contribution in [0.3, 0.4) is 0 Å². The Morgan fingerprint density at radius 3 is 1.83 bits per heavy atom. The smallest absolute Gasteiger partial charge is 0.257 e. The van der Waals surface area contributed by atoms with E-state index in [1.165, 1.54) is 35.5 Å². The van der Waals surface area contributed by atoms with E-state index in [0.717, 1.165) is 5.56 Å². The summed E-state index contributed by atoms with van der Waals surface area (Å²) in [6.07, 6.45) is 0. The molecule has 0 bridgehead atoms. The van der Waals surface area contributed by atoms with Crippen molar-refractivity contribution in [3.8, 4) is 34.5 Å². The third kappa shape index (κ3) is 4.74. The van der Waals surface area contributed by atoms with Gasteiger partial charge in [0.2, 0.25) is 17.2 Å². The highest BCUT2D eigenvalue weighted by atomic mass is 35.5. The average Bonchev–Trinajstić information content (AvgIpc) is 2.75. The molecule has 2 aromatic carbocycles. The van der Waals surface area contributed by atoms with E-state index in [4.69, 9.17) is 28.4 Å². The number of rotatable bonds is 9. The van der Waals surface area contributed by atoms with Crippen LogP contribution in [0.1, 0.15) is 15.9 Å². The number of nitrogens with one attached hydrogen (secondary N) is 1. The van der Waals surface area contributed by atoms with Crippen LogP contribution in [0.2, 0.25) is 0 Å². The van der Waals surface area contributed by atoms with Crippen molar-refractivity contribution in [2.45, 2.75) is 6.54 Å². The van der Waals surface area contributed by atoms with Crippen LogP contribution in [0.15, 0.2) is 18.2 Å². The zero-order valence-electron chi connectivity index (χ0n) is 17.9. The molecule has 0 aromatic heterocycles. The van der Waals surface area contributed by atoms with E-state index in [9.17, 15) is 4.79 Å². The van der Waals surface area contributed by atoms with Crippen LogP contribution in [-0.4, -0.2) is 48.6 Å². The molecule has 0 unspecified atom stereocenters. The van der Waals surface area contributed by atoms with Crippen molar-refractivity contribution < 1.29 is 51.4 Å². The first-order valence-electron chi connectivity index (χ1n) is 8.68. The summed E-state index contributed by atoms with van der Waals surface area (Å²) in [6, 6.07) is 5.10. The Morgan fingerprint density at radius 1 is 0.800 bits per heavy atom. The summed E-state index contributed by atoms with van der Waals surface area (Å²) >= 11 is 0. The molecule has 0 radical (unpaired) electrons. The molecule has 9 nitrogen and oxygen atoms in total. The molecule has 1 amide bonds. The van der Waals surface area contributed by atoms with Gasteiger partial charge in [0.25, 0.3) is 5.91 Å². The first kappa shape index (κ1) is 25.0. The highest BCUT2D eigenvalue weighted by Gasteiger charge is 2.25. The molecule has 30 heavy (non-hydrogen) atoms. The molecule has 166 valence electrons. The Labute approximate surface area is 181 Å². The molecular weight excluding hydrogens is 416 g/mol. The number of hydrogen-bond acceptors (Lipinski definition) is 7. The number of benzene rings is 2. The second-order valence-corrected chi connectivity index (χ2v) is 5.85. The van der Waals surface area contributed by atoms with E-state index >= 15 is 0 Å². The van der Waals surface area contributed by atoms with Crippen molar-refractivity contribution >= 4 is 11.6 Å². The molecule has 0 saturated carbocycles. The Morgan fingerprint density at radius 2 is 1.33 bits per heavy atom. The largest absolute Gasteiger partial charge is 1.00 e. The minimum atomic E-state index is -0.355. The first-order chi connectivity index (χ1) is 14.0. The van der Waals surface area contributed by atoms with Gasteiger partial charge < -0.3 is 51.9 Å². The summed E-state index contributed by atoms with van der Waals surface area (Å²) in [5.74, 6) is 2.18. The maximum Gasteiger partial charge on any atom is 0.257 e. The third-order valence-electron chi connectivity index (χ3n) is 4.40. The number of ether oxygens (including phenoxy) is 6. The van der Waals surface area contributed by atoms with Crippen molar-refractivity contribution in [1.29, 1.82) is 0 Å². The molecule has 0 aliphatic rings. The molecule has 2 aromatic rings. The normalized spacial score (nSPS) is 9.83. The number of amides is 1. The van der Waals surface area contributed by atoms with Crippen LogP contribution in [0, 0.1) is 0 Å². The molecule has 2 rings (SSSR count). The predicted octanol–water partition coefficient (Wildman–Crippen LogP) is -1.45. The molecule has 4 N–H and O–H groups in total. The van der Waals surface area contributed by atoms with E-state index in [-0.39, 0.29) is 24.9 Å². The number of hydrogen-bond donors (Lipinski definition) is 2. The lowest BCUT2D eigenvalue weighted by atomic mass is 10.1. The van der Waals surface area contributed by atoms with E-state index in [1.54, 1.807) is 25.3 Å². The Hall–Kier alpha value is -3.04. The van der Waals surface area contributed by atoms with Gasteiger partial charge in [-0.25, -0.2) is 0 Å². The van der Waals surface area contributed by atoms with Crippen LogP contribution in [0.25, 0.3) is 0 Å². The summed E-state index contributed by atoms with van der Waals surface area (Å²) in [5.41, 5.74) is 5.37. The van der Waals surface area contributed by atoms with Gasteiger partial charge in [0, 0.05) is 18.2 Å². The van der Waals surface area contributed by atoms with Gasteiger partial charge in [0.05, 0.1) is 42.7 Å². The lowest BCUT2D eigenvalue weighted by Gasteiger charge is -2.17. The van der Waals surface area contributed by atoms with Gasteiger partial charge in [-0.15, -0.1) is 0 Å². The van der Waals surface area contributed by atoms with Crippen LogP contribution < -0.4 is 51.9 Å². The molecule has 0 atom stereocenters. The van der Waals surface area contributed by atoms with Crippen molar-refractivity contribution in [3.63, 3.8) is 0 Å². The summed E-state index contributed by atoms with van der Waals surface area (Å²) in [7, 11) is 9.03. The van der Waals surface area contributed by atoms with E-state index in [1.807, 2.05) is 0 Å². The minimum absolute atomic E-state index is 0. The molecule has 0 saturated heterocycles. The van der Waals surface area contributed by atoms with Crippen molar-refractivity contribution in [2.24, 2.45) is 0 Å². The zero-order chi connectivity index (χ0) is 21.6. The number of methoxy groups -OCH3 is 6. The molecule has 10 heteroatoms. The van der Waals surface area contributed by atoms with Crippen molar-refractivity contribution in [2.75, 3.05) is 42.7 Å².